The number of fused-ring (bicyclic) bond motifs is 1. The smallest absolute Gasteiger partial charge is 0.315 e. The van der Waals surface area contributed by atoms with Crippen LogP contribution in [0.25, 0.3) is 0 Å². The van der Waals surface area contributed by atoms with Crippen molar-refractivity contribution in [2.45, 2.75) is 18.9 Å². The normalized spacial score (nSPS) is 15.4. The number of para-hydroxylation sites is 1. The molecule has 0 saturated carbocycles. The lowest BCUT2D eigenvalue weighted by Gasteiger charge is -2.26. The number of nitrogens with one attached hydrogen (secondary N) is 2. The summed E-state index contributed by atoms with van der Waals surface area (Å²) < 4.78 is 16.2. The molecule has 26 heavy (non-hydrogen) atoms. The molecule has 0 fully saturated rings. The predicted molar refractivity (Wildman–Crippen MR) is 99.2 cm³/mol. The number of ether oxygens (including phenoxy) is 3. The Balaban J connectivity index is 1.45. The summed E-state index contributed by atoms with van der Waals surface area (Å²) in [5.74, 6) is 2.28. The van der Waals surface area contributed by atoms with Crippen molar-refractivity contribution in [1.82, 2.24) is 10.6 Å². The van der Waals surface area contributed by atoms with Crippen molar-refractivity contribution >= 4 is 6.03 Å². The molecule has 1 aliphatic rings. The number of hydrogen-bond acceptors (Lipinski definition) is 4. The van der Waals surface area contributed by atoms with Crippen LogP contribution in [0.4, 0.5) is 4.79 Å². The van der Waals surface area contributed by atoms with Gasteiger partial charge in [0.05, 0.1) is 20.3 Å². The molecular weight excluding hydrogens is 332 g/mol. The summed E-state index contributed by atoms with van der Waals surface area (Å²) in [6.45, 7) is 1.02. The van der Waals surface area contributed by atoms with E-state index in [0.29, 0.717) is 31.1 Å². The zero-order valence-electron chi connectivity index (χ0n) is 15.1. The first kappa shape index (κ1) is 17.9. The molecule has 0 bridgehead atoms. The second-order valence-corrected chi connectivity index (χ2v) is 6.16. The van der Waals surface area contributed by atoms with Gasteiger partial charge in [-0.25, -0.2) is 4.79 Å². The van der Waals surface area contributed by atoms with Gasteiger partial charge in [0, 0.05) is 6.54 Å². The molecule has 0 radical (unpaired) electrons. The average molecular weight is 356 g/mol. The first-order valence-electron chi connectivity index (χ1n) is 8.65. The quantitative estimate of drug-likeness (QED) is 0.835. The van der Waals surface area contributed by atoms with E-state index in [-0.39, 0.29) is 12.1 Å². The maximum atomic E-state index is 12.1. The van der Waals surface area contributed by atoms with E-state index >= 15 is 0 Å². The van der Waals surface area contributed by atoms with Crippen LogP contribution in [0, 0.1) is 0 Å². The molecule has 6 nitrogen and oxygen atoms in total. The van der Waals surface area contributed by atoms with Crippen LogP contribution in [0.1, 0.15) is 11.1 Å². The fourth-order valence-electron chi connectivity index (χ4n) is 3.01. The minimum Gasteiger partial charge on any atom is -0.493 e. The lowest BCUT2D eigenvalue weighted by molar-refractivity contribution is 0.214. The molecule has 2 aromatic carbocycles. The molecule has 0 spiro atoms. The van der Waals surface area contributed by atoms with Gasteiger partial charge in [0.25, 0.3) is 0 Å². The highest BCUT2D eigenvalue weighted by atomic mass is 16.5. The van der Waals surface area contributed by atoms with Gasteiger partial charge in [-0.15, -0.1) is 0 Å². The first-order chi connectivity index (χ1) is 12.7. The van der Waals surface area contributed by atoms with Crippen LogP contribution in [0.2, 0.25) is 0 Å². The number of methoxy groups -OCH3 is 2. The van der Waals surface area contributed by atoms with Crippen LogP contribution >= 0.6 is 0 Å². The van der Waals surface area contributed by atoms with Gasteiger partial charge in [-0.3, -0.25) is 0 Å². The number of carbonyl (C=O) groups excluding carboxylic acids is 1. The Morgan fingerprint density at radius 1 is 1.15 bits per heavy atom. The van der Waals surface area contributed by atoms with Gasteiger partial charge in [0.1, 0.15) is 12.4 Å². The largest absolute Gasteiger partial charge is 0.493 e. The summed E-state index contributed by atoms with van der Waals surface area (Å²) in [6.07, 6.45) is 1.48. The van der Waals surface area contributed by atoms with Crippen molar-refractivity contribution in [2.24, 2.45) is 0 Å². The van der Waals surface area contributed by atoms with Gasteiger partial charge in [0.2, 0.25) is 0 Å². The Morgan fingerprint density at radius 3 is 2.77 bits per heavy atom. The number of rotatable bonds is 6. The van der Waals surface area contributed by atoms with Crippen molar-refractivity contribution in [3.05, 3.63) is 53.6 Å². The Labute approximate surface area is 153 Å². The summed E-state index contributed by atoms with van der Waals surface area (Å²) in [4.78, 5) is 12.1. The molecule has 1 heterocycles. The van der Waals surface area contributed by atoms with E-state index in [9.17, 15) is 4.79 Å². The zero-order valence-corrected chi connectivity index (χ0v) is 15.1. The van der Waals surface area contributed by atoms with Crippen molar-refractivity contribution in [3.63, 3.8) is 0 Å². The molecule has 2 amide bonds. The highest BCUT2D eigenvalue weighted by Gasteiger charge is 2.20. The molecular formula is C20H24N2O4. The van der Waals surface area contributed by atoms with Crippen LogP contribution in [0.15, 0.2) is 42.5 Å². The molecule has 1 atom stereocenters. The third-order valence-electron chi connectivity index (χ3n) is 4.36. The van der Waals surface area contributed by atoms with Crippen LogP contribution in [-0.2, 0) is 12.8 Å². The Kier molecular flexibility index (Phi) is 5.84. The van der Waals surface area contributed by atoms with Crippen LogP contribution in [0.5, 0.6) is 17.2 Å². The van der Waals surface area contributed by atoms with Crippen LogP contribution in [0.3, 0.4) is 0 Å². The van der Waals surface area contributed by atoms with E-state index < -0.39 is 0 Å². The predicted octanol–water partition coefficient (Wildman–Crippen LogP) is 2.55. The van der Waals surface area contributed by atoms with Crippen molar-refractivity contribution < 1.29 is 19.0 Å². The Morgan fingerprint density at radius 2 is 1.96 bits per heavy atom. The van der Waals surface area contributed by atoms with E-state index in [1.807, 2.05) is 42.5 Å². The van der Waals surface area contributed by atoms with E-state index in [1.54, 1.807) is 14.2 Å². The minimum absolute atomic E-state index is 0.0222. The maximum absolute atomic E-state index is 12.1. The number of amides is 2. The summed E-state index contributed by atoms with van der Waals surface area (Å²) in [5.41, 5.74) is 2.19. The number of urea groups is 1. The van der Waals surface area contributed by atoms with E-state index in [0.717, 1.165) is 23.3 Å². The minimum atomic E-state index is -0.182. The van der Waals surface area contributed by atoms with Crippen LogP contribution < -0.4 is 24.8 Å². The molecule has 0 aromatic heterocycles. The third-order valence-corrected chi connectivity index (χ3v) is 4.36. The summed E-state index contributed by atoms with van der Waals surface area (Å²) in [7, 11) is 3.22. The molecule has 0 unspecified atom stereocenters. The van der Waals surface area contributed by atoms with Gasteiger partial charge in [-0.05, 0) is 42.2 Å². The number of carbonyl (C=O) groups is 1. The summed E-state index contributed by atoms with van der Waals surface area (Å²) in [6, 6.07) is 13.5. The van der Waals surface area contributed by atoms with Gasteiger partial charge >= 0.3 is 6.03 Å². The SMILES string of the molecule is COc1ccc(CCNC(=O)N[C@H]2COc3ccccc3C2)cc1OC. The molecule has 0 aliphatic carbocycles. The average Bonchev–Trinajstić information content (AvgIpc) is 2.67. The second kappa shape index (κ2) is 8.47. The van der Waals surface area contributed by atoms with Crippen molar-refractivity contribution in [1.29, 1.82) is 0 Å². The topological polar surface area (TPSA) is 68.8 Å². The lowest BCUT2D eigenvalue weighted by atomic mass is 10.0. The number of benzene rings is 2. The maximum Gasteiger partial charge on any atom is 0.315 e. The molecule has 3 rings (SSSR count). The Bertz CT molecular complexity index is 763. The van der Waals surface area contributed by atoms with Gasteiger partial charge < -0.3 is 24.8 Å². The second-order valence-electron chi connectivity index (χ2n) is 6.16. The highest BCUT2D eigenvalue weighted by Crippen LogP contribution is 2.27. The van der Waals surface area contributed by atoms with Crippen molar-refractivity contribution in [3.8, 4) is 17.2 Å². The van der Waals surface area contributed by atoms with Gasteiger partial charge in [0.15, 0.2) is 11.5 Å². The Hall–Kier alpha value is -2.89. The van der Waals surface area contributed by atoms with E-state index in [4.69, 9.17) is 14.2 Å². The summed E-state index contributed by atoms with van der Waals surface area (Å²) in [5, 5.41) is 5.86. The first-order valence-corrected chi connectivity index (χ1v) is 8.65. The standard InChI is InChI=1S/C20H24N2O4/c1-24-18-8-7-14(11-19(18)25-2)9-10-21-20(23)22-16-12-15-5-3-4-6-17(15)26-13-16/h3-8,11,16H,9-10,12-13H2,1-2H3,(H2,21,22,23)/t16-/m1/s1. The fraction of sp³-hybridized carbons (Fsp3) is 0.350. The molecule has 2 N–H and O–H groups in total. The van der Waals surface area contributed by atoms with Gasteiger partial charge in [-0.1, -0.05) is 24.3 Å². The molecule has 2 aromatic rings. The van der Waals surface area contributed by atoms with E-state index in [1.165, 1.54) is 0 Å². The molecule has 138 valence electrons. The monoisotopic (exact) mass is 356 g/mol. The van der Waals surface area contributed by atoms with Crippen molar-refractivity contribution in [2.75, 3.05) is 27.4 Å². The van der Waals surface area contributed by atoms with Gasteiger partial charge in [-0.2, -0.15) is 0 Å². The fourth-order valence-corrected chi connectivity index (χ4v) is 3.01. The highest BCUT2D eigenvalue weighted by molar-refractivity contribution is 5.74. The molecule has 6 heteroatoms. The number of hydrogen-bond donors (Lipinski definition) is 2. The molecule has 0 saturated heterocycles. The van der Waals surface area contributed by atoms with E-state index in [2.05, 4.69) is 10.6 Å². The van der Waals surface area contributed by atoms with Crippen LogP contribution in [-0.4, -0.2) is 39.4 Å². The summed E-state index contributed by atoms with van der Waals surface area (Å²) >= 11 is 0. The zero-order chi connectivity index (χ0) is 18.4. The lowest BCUT2D eigenvalue weighted by Crippen LogP contribution is -2.47. The molecule has 1 aliphatic heterocycles. The third kappa shape index (κ3) is 4.39.